The van der Waals surface area contributed by atoms with Crippen molar-refractivity contribution in [2.24, 2.45) is 0 Å². The van der Waals surface area contributed by atoms with E-state index in [0.29, 0.717) is 17.7 Å². The number of hydrogen-bond donors (Lipinski definition) is 0. The van der Waals surface area contributed by atoms with Gasteiger partial charge in [-0.2, -0.15) is 26.3 Å². The van der Waals surface area contributed by atoms with Gasteiger partial charge in [0.1, 0.15) is 0 Å². The van der Waals surface area contributed by atoms with Gasteiger partial charge >= 0.3 is 12.4 Å². The molecule has 3 heterocycles. The van der Waals surface area contributed by atoms with Crippen LogP contribution in [0.3, 0.4) is 0 Å². The fraction of sp³-hybridized carbons (Fsp3) is 0.261. The van der Waals surface area contributed by atoms with Gasteiger partial charge in [-0.3, -0.25) is 19.5 Å². The predicted molar refractivity (Wildman–Crippen MR) is 108 cm³/mol. The van der Waals surface area contributed by atoms with Crippen molar-refractivity contribution in [2.75, 3.05) is 0 Å². The van der Waals surface area contributed by atoms with Crippen molar-refractivity contribution in [1.29, 1.82) is 0 Å². The van der Waals surface area contributed by atoms with E-state index in [9.17, 15) is 35.9 Å². The maximum atomic E-state index is 14.2. The molecule has 2 amide bonds. The first kappa shape index (κ1) is 22.9. The van der Waals surface area contributed by atoms with Gasteiger partial charge in [-0.05, 0) is 42.7 Å². The number of pyridine rings is 1. The Morgan fingerprint density at radius 3 is 2.03 bits per heavy atom. The number of alkyl halides is 6. The standard InChI is InChI=1S/C23H14F6N4O2/c24-22(25,26)17-12(10-33-19(34)13-3-1-2-4-14(13)20(33)35)9-16(31-18(17)11-5-6-11)15-7-8-30-21(32-15)23(27,28)29/h1-4,7-9,11H,5-6,10H2. The number of imide groups is 1. The summed E-state index contributed by atoms with van der Waals surface area (Å²) in [5.74, 6) is -3.53. The van der Waals surface area contributed by atoms with E-state index >= 15 is 0 Å². The summed E-state index contributed by atoms with van der Waals surface area (Å²) >= 11 is 0. The van der Waals surface area contributed by atoms with Crippen LogP contribution in [-0.2, 0) is 18.9 Å². The molecule has 2 aliphatic rings. The summed E-state index contributed by atoms with van der Waals surface area (Å²) in [6, 6.07) is 7.88. The fourth-order valence-electron chi connectivity index (χ4n) is 4.05. The molecule has 2 aromatic heterocycles. The maximum absolute atomic E-state index is 14.2. The van der Waals surface area contributed by atoms with Gasteiger partial charge in [-0.1, -0.05) is 12.1 Å². The molecule has 35 heavy (non-hydrogen) atoms. The molecule has 1 saturated carbocycles. The zero-order valence-electron chi connectivity index (χ0n) is 17.6. The van der Waals surface area contributed by atoms with Crippen molar-refractivity contribution in [2.45, 2.75) is 37.7 Å². The molecule has 0 unspecified atom stereocenters. The van der Waals surface area contributed by atoms with Crippen LogP contribution in [0.1, 0.15) is 62.1 Å². The molecule has 12 heteroatoms. The number of carbonyl (C=O) groups is 2. The van der Waals surface area contributed by atoms with Crippen LogP contribution < -0.4 is 0 Å². The Bertz CT molecular complexity index is 1330. The third-order valence-electron chi connectivity index (χ3n) is 5.75. The van der Waals surface area contributed by atoms with Crippen molar-refractivity contribution < 1.29 is 35.9 Å². The van der Waals surface area contributed by atoms with Gasteiger partial charge in [0, 0.05) is 12.1 Å². The van der Waals surface area contributed by atoms with Crippen molar-refractivity contribution in [3.63, 3.8) is 0 Å². The first-order valence-electron chi connectivity index (χ1n) is 10.4. The second kappa shape index (κ2) is 7.85. The predicted octanol–water partition coefficient (Wildman–Crippen LogP) is 5.25. The highest BCUT2D eigenvalue weighted by Gasteiger charge is 2.44. The Labute approximate surface area is 193 Å². The number of carbonyl (C=O) groups excluding carboxylic acids is 2. The van der Waals surface area contributed by atoms with Crippen molar-refractivity contribution in [3.8, 4) is 11.4 Å². The zero-order chi connectivity index (χ0) is 25.1. The van der Waals surface area contributed by atoms with Crippen molar-refractivity contribution >= 4 is 11.8 Å². The minimum Gasteiger partial charge on any atom is -0.270 e. The van der Waals surface area contributed by atoms with Gasteiger partial charge in [-0.25, -0.2) is 9.97 Å². The second-order valence-corrected chi connectivity index (χ2v) is 8.20. The van der Waals surface area contributed by atoms with Gasteiger partial charge in [-0.15, -0.1) is 0 Å². The third-order valence-corrected chi connectivity index (χ3v) is 5.75. The monoisotopic (exact) mass is 492 g/mol. The lowest BCUT2D eigenvalue weighted by atomic mass is 10.00. The minimum atomic E-state index is -4.87. The number of benzene rings is 1. The van der Waals surface area contributed by atoms with E-state index in [-0.39, 0.29) is 28.2 Å². The Morgan fingerprint density at radius 2 is 1.49 bits per heavy atom. The number of nitrogens with zero attached hydrogens (tertiary/aromatic N) is 4. The van der Waals surface area contributed by atoms with E-state index < -0.39 is 53.6 Å². The van der Waals surface area contributed by atoms with Crippen LogP contribution in [0.5, 0.6) is 0 Å². The molecule has 0 saturated heterocycles. The van der Waals surface area contributed by atoms with Crippen LogP contribution in [0, 0.1) is 0 Å². The molecule has 0 N–H and O–H groups in total. The molecule has 1 aliphatic heterocycles. The first-order valence-corrected chi connectivity index (χ1v) is 10.4. The molecular weight excluding hydrogens is 478 g/mol. The Morgan fingerprint density at radius 1 is 0.857 bits per heavy atom. The SMILES string of the molecule is O=C1c2ccccc2C(=O)N1Cc1cc(-c2ccnc(C(F)(F)F)n2)nc(C2CC2)c1C(F)(F)F. The van der Waals surface area contributed by atoms with Crippen LogP contribution >= 0.6 is 0 Å². The summed E-state index contributed by atoms with van der Waals surface area (Å²) in [5, 5.41) is 0. The fourth-order valence-corrected chi connectivity index (χ4v) is 4.05. The van der Waals surface area contributed by atoms with Crippen LogP contribution in [0.15, 0.2) is 42.6 Å². The maximum Gasteiger partial charge on any atom is 0.451 e. The molecule has 1 fully saturated rings. The second-order valence-electron chi connectivity index (χ2n) is 8.20. The summed E-state index contributed by atoms with van der Waals surface area (Å²) in [5.41, 5.74) is -2.32. The summed E-state index contributed by atoms with van der Waals surface area (Å²) < 4.78 is 81.9. The summed E-state index contributed by atoms with van der Waals surface area (Å²) in [7, 11) is 0. The number of fused-ring (bicyclic) bond motifs is 1. The van der Waals surface area contributed by atoms with E-state index in [2.05, 4.69) is 15.0 Å². The smallest absolute Gasteiger partial charge is 0.270 e. The van der Waals surface area contributed by atoms with Crippen LogP contribution in [-0.4, -0.2) is 31.7 Å². The number of aromatic nitrogens is 3. The quantitative estimate of drug-likeness (QED) is 0.367. The Balaban J connectivity index is 1.65. The first-order chi connectivity index (χ1) is 16.4. The molecule has 6 nitrogen and oxygen atoms in total. The molecule has 1 aromatic carbocycles. The topological polar surface area (TPSA) is 76.1 Å². The van der Waals surface area contributed by atoms with E-state index in [0.717, 1.165) is 18.3 Å². The molecule has 1 aliphatic carbocycles. The van der Waals surface area contributed by atoms with Crippen molar-refractivity contribution in [3.05, 3.63) is 76.4 Å². The largest absolute Gasteiger partial charge is 0.451 e. The van der Waals surface area contributed by atoms with Crippen LogP contribution in [0.25, 0.3) is 11.4 Å². The molecule has 0 bridgehead atoms. The highest BCUT2D eigenvalue weighted by Crippen LogP contribution is 2.47. The molecule has 0 radical (unpaired) electrons. The molecular formula is C23H14F6N4O2. The lowest BCUT2D eigenvalue weighted by Gasteiger charge is -2.21. The molecule has 0 spiro atoms. The van der Waals surface area contributed by atoms with Gasteiger partial charge < -0.3 is 0 Å². The summed E-state index contributed by atoms with van der Waals surface area (Å²) in [6.45, 7) is -0.729. The normalized spacial score (nSPS) is 16.1. The lowest BCUT2D eigenvalue weighted by molar-refractivity contribution is -0.145. The van der Waals surface area contributed by atoms with Gasteiger partial charge in [0.15, 0.2) is 0 Å². The summed E-state index contributed by atoms with van der Waals surface area (Å²) in [6.07, 6.45) is -8.07. The van der Waals surface area contributed by atoms with Gasteiger partial charge in [0.2, 0.25) is 5.82 Å². The number of hydrogen-bond acceptors (Lipinski definition) is 5. The Kier molecular flexibility index (Phi) is 5.15. The van der Waals surface area contributed by atoms with Gasteiger partial charge in [0.05, 0.1) is 40.3 Å². The average Bonchev–Trinajstić information content (AvgIpc) is 3.62. The van der Waals surface area contributed by atoms with E-state index in [4.69, 9.17) is 0 Å². The van der Waals surface area contributed by atoms with Crippen molar-refractivity contribution in [1.82, 2.24) is 19.9 Å². The van der Waals surface area contributed by atoms with Crippen LogP contribution in [0.4, 0.5) is 26.3 Å². The highest BCUT2D eigenvalue weighted by atomic mass is 19.4. The molecule has 180 valence electrons. The average molecular weight is 492 g/mol. The zero-order valence-corrected chi connectivity index (χ0v) is 17.6. The van der Waals surface area contributed by atoms with E-state index in [1.165, 1.54) is 24.3 Å². The van der Waals surface area contributed by atoms with Crippen LogP contribution in [0.2, 0.25) is 0 Å². The molecule has 5 rings (SSSR count). The number of rotatable bonds is 4. The third kappa shape index (κ3) is 4.13. The highest BCUT2D eigenvalue weighted by molar-refractivity contribution is 6.21. The van der Waals surface area contributed by atoms with Gasteiger partial charge in [0.25, 0.3) is 11.8 Å². The molecule has 3 aromatic rings. The van der Waals surface area contributed by atoms with E-state index in [1.807, 2.05) is 0 Å². The minimum absolute atomic E-state index is 0.0633. The lowest BCUT2D eigenvalue weighted by Crippen LogP contribution is -2.30. The Hall–Kier alpha value is -3.83. The van der Waals surface area contributed by atoms with E-state index in [1.54, 1.807) is 0 Å². The molecule has 0 atom stereocenters. The number of amides is 2. The summed E-state index contributed by atoms with van der Waals surface area (Å²) in [4.78, 5) is 36.9. The number of halogens is 6.